The molecule has 2 saturated heterocycles. The Hall–Kier alpha value is 0.270. The fourth-order valence-electron chi connectivity index (χ4n) is 2.20. The van der Waals surface area contributed by atoms with Crippen molar-refractivity contribution >= 4 is 11.8 Å². The first-order chi connectivity index (χ1) is 5.70. The van der Waals surface area contributed by atoms with Crippen molar-refractivity contribution in [1.82, 2.24) is 10.2 Å². The number of nitrogens with zero attached hydrogens (tertiary/aromatic N) is 1. The Balaban J connectivity index is 2.00. The van der Waals surface area contributed by atoms with Crippen molar-refractivity contribution < 1.29 is 0 Å². The van der Waals surface area contributed by atoms with Gasteiger partial charge in [-0.3, -0.25) is 0 Å². The molecule has 2 aliphatic rings. The first kappa shape index (κ1) is 8.85. The summed E-state index contributed by atoms with van der Waals surface area (Å²) >= 11 is 2.15. The smallest absolute Gasteiger partial charge is 0.0788 e. The van der Waals surface area contributed by atoms with Gasteiger partial charge in [0.2, 0.25) is 0 Å². The van der Waals surface area contributed by atoms with Crippen LogP contribution in [0.5, 0.6) is 0 Å². The monoisotopic (exact) mass is 186 g/mol. The van der Waals surface area contributed by atoms with Crippen LogP contribution in [0.1, 0.15) is 19.8 Å². The minimum Gasteiger partial charge on any atom is -0.304 e. The second kappa shape index (κ2) is 3.20. The number of rotatable bonds is 0. The first-order valence-corrected chi connectivity index (χ1v) is 5.70. The van der Waals surface area contributed by atoms with E-state index in [0.717, 1.165) is 5.25 Å². The Morgan fingerprint density at radius 3 is 3.00 bits per heavy atom. The van der Waals surface area contributed by atoms with Gasteiger partial charge < -0.3 is 10.2 Å². The van der Waals surface area contributed by atoms with E-state index in [0.29, 0.717) is 4.87 Å². The summed E-state index contributed by atoms with van der Waals surface area (Å²) in [6.45, 7) is 6.04. The molecule has 2 aliphatic heterocycles. The molecule has 2 rings (SSSR count). The summed E-state index contributed by atoms with van der Waals surface area (Å²) in [7, 11) is 2.22. The van der Waals surface area contributed by atoms with E-state index < -0.39 is 0 Å². The van der Waals surface area contributed by atoms with Crippen molar-refractivity contribution in [1.29, 1.82) is 0 Å². The molecule has 0 amide bonds. The highest BCUT2D eigenvalue weighted by atomic mass is 32.2. The molecule has 2 atom stereocenters. The van der Waals surface area contributed by atoms with Crippen LogP contribution >= 0.6 is 11.8 Å². The standard InChI is InChI=1S/C9H18N2S/c1-8-3-5-10-9(12-8)4-6-11(2)7-9/h8,10H,3-7H2,1-2H3. The molecule has 3 heteroatoms. The maximum absolute atomic E-state index is 3.68. The third-order valence-electron chi connectivity index (χ3n) is 2.85. The summed E-state index contributed by atoms with van der Waals surface area (Å²) in [5, 5.41) is 4.52. The predicted octanol–water partition coefficient (Wildman–Crippen LogP) is 1.13. The van der Waals surface area contributed by atoms with Gasteiger partial charge in [0, 0.05) is 18.3 Å². The van der Waals surface area contributed by atoms with E-state index in [1.807, 2.05) is 0 Å². The third kappa shape index (κ3) is 1.63. The van der Waals surface area contributed by atoms with Crippen molar-refractivity contribution in [2.24, 2.45) is 0 Å². The van der Waals surface area contributed by atoms with E-state index in [4.69, 9.17) is 0 Å². The van der Waals surface area contributed by atoms with Gasteiger partial charge in [-0.15, -0.1) is 11.8 Å². The van der Waals surface area contributed by atoms with Crippen LogP contribution in [0.15, 0.2) is 0 Å². The van der Waals surface area contributed by atoms with Crippen LogP contribution in [0.25, 0.3) is 0 Å². The lowest BCUT2D eigenvalue weighted by Gasteiger charge is -2.37. The molecule has 0 aliphatic carbocycles. The van der Waals surface area contributed by atoms with Gasteiger partial charge >= 0.3 is 0 Å². The van der Waals surface area contributed by atoms with Crippen molar-refractivity contribution in [3.63, 3.8) is 0 Å². The maximum Gasteiger partial charge on any atom is 0.0788 e. The maximum atomic E-state index is 3.68. The van der Waals surface area contributed by atoms with Gasteiger partial charge in [0.05, 0.1) is 4.87 Å². The first-order valence-electron chi connectivity index (χ1n) is 4.82. The van der Waals surface area contributed by atoms with Crippen molar-refractivity contribution in [2.75, 3.05) is 26.7 Å². The van der Waals surface area contributed by atoms with E-state index in [1.165, 1.54) is 32.5 Å². The average Bonchev–Trinajstić information content (AvgIpc) is 2.32. The Labute approximate surface area is 79.1 Å². The van der Waals surface area contributed by atoms with Crippen molar-refractivity contribution in [3.8, 4) is 0 Å². The van der Waals surface area contributed by atoms with Crippen LogP contribution in [0.4, 0.5) is 0 Å². The largest absolute Gasteiger partial charge is 0.304 e. The van der Waals surface area contributed by atoms with Crippen LogP contribution in [0, 0.1) is 0 Å². The summed E-state index contributed by atoms with van der Waals surface area (Å²) < 4.78 is 0. The highest BCUT2D eigenvalue weighted by Gasteiger charge is 2.40. The molecule has 12 heavy (non-hydrogen) atoms. The fraction of sp³-hybridized carbons (Fsp3) is 1.00. The minimum absolute atomic E-state index is 0.409. The van der Waals surface area contributed by atoms with E-state index in [9.17, 15) is 0 Å². The highest BCUT2D eigenvalue weighted by Crippen LogP contribution is 2.38. The SMILES string of the molecule is CC1CCNC2(CCN(C)C2)S1. The topological polar surface area (TPSA) is 15.3 Å². The summed E-state index contributed by atoms with van der Waals surface area (Å²) in [4.78, 5) is 2.84. The van der Waals surface area contributed by atoms with Gasteiger partial charge in [-0.2, -0.15) is 0 Å². The molecule has 1 N–H and O–H groups in total. The molecule has 0 radical (unpaired) electrons. The normalized spacial score (nSPS) is 44.0. The third-order valence-corrected chi connectivity index (χ3v) is 4.41. The predicted molar refractivity (Wildman–Crippen MR) is 54.5 cm³/mol. The van der Waals surface area contributed by atoms with Gasteiger partial charge in [0.1, 0.15) is 0 Å². The summed E-state index contributed by atoms with van der Waals surface area (Å²) in [5.41, 5.74) is 0. The Morgan fingerprint density at radius 2 is 2.42 bits per heavy atom. The number of thioether (sulfide) groups is 1. The molecule has 0 aromatic rings. The zero-order chi connectivity index (χ0) is 8.60. The zero-order valence-corrected chi connectivity index (χ0v) is 8.78. The number of likely N-dealkylation sites (N-methyl/N-ethyl adjacent to an activating group) is 1. The molecule has 0 aromatic carbocycles. The molecule has 0 saturated carbocycles. The molecule has 70 valence electrons. The second-order valence-electron chi connectivity index (χ2n) is 4.13. The molecule has 2 heterocycles. The number of hydrogen-bond acceptors (Lipinski definition) is 3. The van der Waals surface area contributed by atoms with Gasteiger partial charge in [0.15, 0.2) is 0 Å². The van der Waals surface area contributed by atoms with E-state index >= 15 is 0 Å². The number of nitrogens with one attached hydrogen (secondary N) is 1. The summed E-state index contributed by atoms with van der Waals surface area (Å²) in [6.07, 6.45) is 2.65. The van der Waals surface area contributed by atoms with Gasteiger partial charge in [-0.25, -0.2) is 0 Å². The Kier molecular flexibility index (Phi) is 2.36. The highest BCUT2D eigenvalue weighted by molar-refractivity contribution is 8.01. The molecule has 2 fully saturated rings. The lowest BCUT2D eigenvalue weighted by molar-refractivity contribution is 0.379. The van der Waals surface area contributed by atoms with Crippen LogP contribution in [0.3, 0.4) is 0 Å². The molecule has 1 spiro atoms. The van der Waals surface area contributed by atoms with E-state index in [1.54, 1.807) is 0 Å². The molecular weight excluding hydrogens is 168 g/mol. The Morgan fingerprint density at radius 1 is 1.58 bits per heavy atom. The second-order valence-corrected chi connectivity index (χ2v) is 5.95. The average molecular weight is 186 g/mol. The van der Waals surface area contributed by atoms with Gasteiger partial charge in [-0.1, -0.05) is 6.92 Å². The molecule has 0 bridgehead atoms. The van der Waals surface area contributed by atoms with Crippen LogP contribution in [-0.4, -0.2) is 41.7 Å². The number of hydrogen-bond donors (Lipinski definition) is 1. The quantitative estimate of drug-likeness (QED) is 0.610. The molecule has 2 unspecified atom stereocenters. The van der Waals surface area contributed by atoms with Crippen molar-refractivity contribution in [3.05, 3.63) is 0 Å². The summed E-state index contributed by atoms with van der Waals surface area (Å²) in [5.74, 6) is 0. The molecule has 0 aromatic heterocycles. The minimum atomic E-state index is 0.409. The lowest BCUT2D eigenvalue weighted by atomic mass is 10.2. The van der Waals surface area contributed by atoms with Crippen LogP contribution in [0.2, 0.25) is 0 Å². The molecular formula is C9H18N2S. The van der Waals surface area contributed by atoms with Gasteiger partial charge in [0.25, 0.3) is 0 Å². The molecule has 2 nitrogen and oxygen atoms in total. The Bertz CT molecular complexity index is 170. The lowest BCUT2D eigenvalue weighted by Crippen LogP contribution is -2.49. The zero-order valence-electron chi connectivity index (χ0n) is 7.97. The summed E-state index contributed by atoms with van der Waals surface area (Å²) in [6, 6.07) is 0. The number of likely N-dealkylation sites (tertiary alicyclic amines) is 1. The fourth-order valence-corrected chi connectivity index (χ4v) is 3.89. The van der Waals surface area contributed by atoms with Gasteiger partial charge in [-0.05, 0) is 26.4 Å². The van der Waals surface area contributed by atoms with Crippen LogP contribution < -0.4 is 5.32 Å². The van der Waals surface area contributed by atoms with E-state index in [2.05, 4.69) is 35.9 Å². The van der Waals surface area contributed by atoms with Crippen LogP contribution in [-0.2, 0) is 0 Å². The van der Waals surface area contributed by atoms with Crippen molar-refractivity contribution in [2.45, 2.75) is 29.9 Å². The van der Waals surface area contributed by atoms with E-state index in [-0.39, 0.29) is 0 Å².